The molecular formula is C19H28N2O3. The lowest BCUT2D eigenvalue weighted by Gasteiger charge is -2.39. The third-order valence-corrected chi connectivity index (χ3v) is 5.30. The lowest BCUT2D eigenvalue weighted by atomic mass is 9.88. The van der Waals surface area contributed by atoms with E-state index in [1.807, 2.05) is 12.1 Å². The fourth-order valence-corrected chi connectivity index (χ4v) is 3.75. The van der Waals surface area contributed by atoms with Crippen LogP contribution in [0.5, 0.6) is 5.75 Å². The summed E-state index contributed by atoms with van der Waals surface area (Å²) in [6.07, 6.45) is 3.65. The molecule has 1 unspecified atom stereocenters. The molecular weight excluding hydrogens is 304 g/mol. The van der Waals surface area contributed by atoms with Crippen LogP contribution in [-0.2, 0) is 16.1 Å². The predicted octanol–water partition coefficient (Wildman–Crippen LogP) is 2.30. The van der Waals surface area contributed by atoms with Gasteiger partial charge in [0.25, 0.3) is 5.91 Å². The second kappa shape index (κ2) is 7.11. The van der Waals surface area contributed by atoms with Crippen molar-refractivity contribution < 1.29 is 14.3 Å². The molecule has 3 rings (SSSR count). The van der Waals surface area contributed by atoms with Gasteiger partial charge in [-0.15, -0.1) is 0 Å². The minimum atomic E-state index is -0.242. The molecule has 0 aromatic heterocycles. The number of hydrogen-bond acceptors (Lipinski definition) is 4. The van der Waals surface area contributed by atoms with Crippen molar-refractivity contribution in [3.8, 4) is 5.75 Å². The average molecular weight is 332 g/mol. The molecule has 2 heterocycles. The van der Waals surface area contributed by atoms with Crippen LogP contribution in [0.4, 0.5) is 0 Å². The van der Waals surface area contributed by atoms with Gasteiger partial charge in [-0.1, -0.05) is 12.1 Å². The van der Waals surface area contributed by atoms with Crippen molar-refractivity contribution in [3.05, 3.63) is 29.8 Å². The molecule has 0 saturated carbocycles. The van der Waals surface area contributed by atoms with E-state index in [-0.39, 0.29) is 17.6 Å². The van der Waals surface area contributed by atoms with E-state index in [9.17, 15) is 4.79 Å². The number of benzene rings is 1. The van der Waals surface area contributed by atoms with E-state index in [1.165, 1.54) is 5.56 Å². The van der Waals surface area contributed by atoms with Gasteiger partial charge in [0.2, 0.25) is 0 Å². The Morgan fingerprint density at radius 2 is 1.92 bits per heavy atom. The Morgan fingerprint density at radius 3 is 2.50 bits per heavy atom. The SMILES string of the molecule is COc1ccc(CN2CCC3(CCC(C(=O)N(C)C)O3)CC2)cc1. The summed E-state index contributed by atoms with van der Waals surface area (Å²) in [7, 11) is 5.29. The highest BCUT2D eigenvalue weighted by atomic mass is 16.5. The van der Waals surface area contributed by atoms with Crippen LogP contribution in [0.2, 0.25) is 0 Å². The minimum Gasteiger partial charge on any atom is -0.497 e. The first-order chi connectivity index (χ1) is 11.5. The number of ether oxygens (including phenoxy) is 2. The summed E-state index contributed by atoms with van der Waals surface area (Å²) in [5.41, 5.74) is 1.23. The Morgan fingerprint density at radius 1 is 1.25 bits per heavy atom. The molecule has 0 bridgehead atoms. The number of carbonyl (C=O) groups is 1. The van der Waals surface area contributed by atoms with Crippen LogP contribution in [0, 0.1) is 0 Å². The number of carbonyl (C=O) groups excluding carboxylic acids is 1. The third kappa shape index (κ3) is 3.73. The number of methoxy groups -OCH3 is 1. The molecule has 2 aliphatic heterocycles. The lowest BCUT2D eigenvalue weighted by Crippen LogP contribution is -2.45. The second-order valence-electron chi connectivity index (χ2n) is 7.19. The Bertz CT molecular complexity index is 562. The van der Waals surface area contributed by atoms with E-state index in [4.69, 9.17) is 9.47 Å². The number of likely N-dealkylation sites (N-methyl/N-ethyl adjacent to an activating group) is 1. The van der Waals surface area contributed by atoms with Crippen molar-refractivity contribution in [2.45, 2.75) is 43.9 Å². The van der Waals surface area contributed by atoms with Crippen LogP contribution in [0.25, 0.3) is 0 Å². The van der Waals surface area contributed by atoms with Gasteiger partial charge in [-0.2, -0.15) is 0 Å². The Kier molecular flexibility index (Phi) is 5.11. The quantitative estimate of drug-likeness (QED) is 0.848. The zero-order chi connectivity index (χ0) is 17.2. The molecule has 0 aliphatic carbocycles. The van der Waals surface area contributed by atoms with Gasteiger partial charge in [0.1, 0.15) is 11.9 Å². The molecule has 0 radical (unpaired) electrons. The predicted molar refractivity (Wildman–Crippen MR) is 93.0 cm³/mol. The van der Waals surface area contributed by atoms with Crippen molar-refractivity contribution in [2.24, 2.45) is 0 Å². The van der Waals surface area contributed by atoms with Gasteiger partial charge in [0, 0.05) is 33.7 Å². The van der Waals surface area contributed by atoms with E-state index < -0.39 is 0 Å². The fraction of sp³-hybridized carbons (Fsp3) is 0.632. The molecule has 2 saturated heterocycles. The van der Waals surface area contributed by atoms with Gasteiger partial charge in [-0.05, 0) is 43.4 Å². The standard InChI is InChI=1S/C19H28N2O3/c1-20(2)18(22)17-8-9-19(24-17)10-12-21(13-11-19)14-15-4-6-16(23-3)7-5-15/h4-7,17H,8-14H2,1-3H3. The van der Waals surface area contributed by atoms with Gasteiger partial charge >= 0.3 is 0 Å². The van der Waals surface area contributed by atoms with Crippen molar-refractivity contribution in [2.75, 3.05) is 34.3 Å². The maximum Gasteiger partial charge on any atom is 0.251 e. The van der Waals surface area contributed by atoms with Crippen LogP contribution in [0.15, 0.2) is 24.3 Å². The fourth-order valence-electron chi connectivity index (χ4n) is 3.75. The van der Waals surface area contributed by atoms with Crippen molar-refractivity contribution in [1.29, 1.82) is 0 Å². The minimum absolute atomic E-state index is 0.0766. The molecule has 1 aromatic rings. The van der Waals surface area contributed by atoms with Gasteiger partial charge < -0.3 is 14.4 Å². The molecule has 1 atom stereocenters. The molecule has 132 valence electrons. The number of amides is 1. The van der Waals surface area contributed by atoms with Crippen molar-refractivity contribution >= 4 is 5.91 Å². The molecule has 5 nitrogen and oxygen atoms in total. The summed E-state index contributed by atoms with van der Waals surface area (Å²) in [6, 6.07) is 8.28. The van der Waals surface area contributed by atoms with E-state index in [2.05, 4.69) is 17.0 Å². The number of rotatable bonds is 4. The monoisotopic (exact) mass is 332 g/mol. The first-order valence-corrected chi connectivity index (χ1v) is 8.76. The Balaban J connectivity index is 1.51. The molecule has 0 N–H and O–H groups in total. The zero-order valence-electron chi connectivity index (χ0n) is 15.0. The van der Waals surface area contributed by atoms with Crippen molar-refractivity contribution in [3.63, 3.8) is 0 Å². The van der Waals surface area contributed by atoms with E-state index in [0.717, 1.165) is 51.1 Å². The summed E-state index contributed by atoms with van der Waals surface area (Å²) in [5.74, 6) is 1.000. The van der Waals surface area contributed by atoms with Gasteiger partial charge in [0.05, 0.1) is 12.7 Å². The Labute approximate surface area is 144 Å². The molecule has 2 aliphatic rings. The number of likely N-dealkylation sites (tertiary alicyclic amines) is 1. The molecule has 5 heteroatoms. The largest absolute Gasteiger partial charge is 0.497 e. The first-order valence-electron chi connectivity index (χ1n) is 8.76. The van der Waals surface area contributed by atoms with Gasteiger partial charge in [-0.3, -0.25) is 9.69 Å². The normalized spacial score (nSPS) is 23.4. The highest BCUT2D eigenvalue weighted by molar-refractivity contribution is 5.80. The van der Waals surface area contributed by atoms with Crippen molar-refractivity contribution in [1.82, 2.24) is 9.80 Å². The number of nitrogens with zero attached hydrogens (tertiary/aromatic N) is 2. The van der Waals surface area contributed by atoms with E-state index >= 15 is 0 Å². The summed E-state index contributed by atoms with van der Waals surface area (Å²) < 4.78 is 11.4. The maximum absolute atomic E-state index is 12.1. The number of piperidine rings is 1. The highest BCUT2D eigenvalue weighted by Crippen LogP contribution is 2.39. The molecule has 24 heavy (non-hydrogen) atoms. The van der Waals surface area contributed by atoms with E-state index in [0.29, 0.717) is 0 Å². The van der Waals surface area contributed by atoms with Gasteiger partial charge in [0.15, 0.2) is 0 Å². The van der Waals surface area contributed by atoms with Crippen LogP contribution in [0.3, 0.4) is 0 Å². The summed E-state index contributed by atoms with van der Waals surface area (Å²) >= 11 is 0. The molecule has 1 amide bonds. The van der Waals surface area contributed by atoms with Crippen LogP contribution in [-0.4, -0.2) is 61.7 Å². The summed E-state index contributed by atoms with van der Waals surface area (Å²) in [4.78, 5) is 16.2. The molecule has 1 aromatic carbocycles. The average Bonchev–Trinajstić information content (AvgIpc) is 3.01. The van der Waals surface area contributed by atoms with Crippen LogP contribution >= 0.6 is 0 Å². The topological polar surface area (TPSA) is 42.0 Å². The molecule has 2 fully saturated rings. The van der Waals surface area contributed by atoms with Gasteiger partial charge in [-0.25, -0.2) is 0 Å². The lowest BCUT2D eigenvalue weighted by molar-refractivity contribution is -0.148. The smallest absolute Gasteiger partial charge is 0.251 e. The highest BCUT2D eigenvalue weighted by Gasteiger charge is 2.44. The molecule has 1 spiro atoms. The zero-order valence-corrected chi connectivity index (χ0v) is 15.0. The van der Waals surface area contributed by atoms with Crippen LogP contribution < -0.4 is 4.74 Å². The first kappa shape index (κ1) is 17.2. The summed E-state index contributed by atoms with van der Waals surface area (Å²) in [6.45, 7) is 3.00. The Hall–Kier alpha value is -1.59. The second-order valence-corrected chi connectivity index (χ2v) is 7.19. The van der Waals surface area contributed by atoms with E-state index in [1.54, 1.807) is 26.1 Å². The third-order valence-electron chi connectivity index (χ3n) is 5.30. The number of hydrogen-bond donors (Lipinski definition) is 0. The summed E-state index contributed by atoms with van der Waals surface area (Å²) in [5, 5.41) is 0. The maximum atomic E-state index is 12.1. The van der Waals surface area contributed by atoms with Crippen LogP contribution in [0.1, 0.15) is 31.2 Å².